The lowest BCUT2D eigenvalue weighted by Crippen LogP contribution is -2.32. The first-order valence-electron chi connectivity index (χ1n) is 6.10. The van der Waals surface area contributed by atoms with Gasteiger partial charge in [0.2, 0.25) is 10.0 Å². The van der Waals surface area contributed by atoms with Gasteiger partial charge < -0.3 is 9.64 Å². The number of likely N-dealkylation sites (N-methyl/N-ethyl adjacent to an activating group) is 1. The molecule has 100 valence electrons. The van der Waals surface area contributed by atoms with Crippen LogP contribution in [0, 0.1) is 0 Å². The number of ether oxygens (including phenoxy) is 1. The molecule has 1 N–H and O–H groups in total. The van der Waals surface area contributed by atoms with Gasteiger partial charge in [-0.3, -0.25) is 0 Å². The molecule has 1 aromatic carbocycles. The van der Waals surface area contributed by atoms with Gasteiger partial charge in [0.05, 0.1) is 17.1 Å². The summed E-state index contributed by atoms with van der Waals surface area (Å²) in [7, 11) is -3.41. The first-order valence-corrected chi connectivity index (χ1v) is 7.58. The van der Waals surface area contributed by atoms with Gasteiger partial charge in [0.15, 0.2) is 0 Å². The normalized spacial score (nSPS) is 15.1. The molecule has 1 aliphatic heterocycles. The van der Waals surface area contributed by atoms with Crippen LogP contribution >= 0.6 is 0 Å². The van der Waals surface area contributed by atoms with E-state index in [4.69, 9.17) is 4.74 Å². The van der Waals surface area contributed by atoms with Crippen molar-refractivity contribution in [1.82, 2.24) is 4.72 Å². The highest BCUT2D eigenvalue weighted by molar-refractivity contribution is 7.89. The molecule has 1 aliphatic rings. The van der Waals surface area contributed by atoms with Gasteiger partial charge in [-0.1, -0.05) is 6.92 Å². The fourth-order valence-electron chi connectivity index (χ4n) is 2.02. The first-order chi connectivity index (χ1) is 8.58. The van der Waals surface area contributed by atoms with Gasteiger partial charge in [0, 0.05) is 13.1 Å². The van der Waals surface area contributed by atoms with Crippen molar-refractivity contribution >= 4 is 15.7 Å². The number of fused-ring (bicyclic) bond motifs is 1. The van der Waals surface area contributed by atoms with Crippen molar-refractivity contribution in [3.05, 3.63) is 18.2 Å². The summed E-state index contributed by atoms with van der Waals surface area (Å²) in [6.07, 6.45) is 0. The molecule has 0 amide bonds. The minimum Gasteiger partial charge on any atom is -0.490 e. The first kappa shape index (κ1) is 13.2. The smallest absolute Gasteiger partial charge is 0.240 e. The van der Waals surface area contributed by atoms with Crippen molar-refractivity contribution in [3.63, 3.8) is 0 Å². The molecule has 5 nitrogen and oxygen atoms in total. The maximum Gasteiger partial charge on any atom is 0.240 e. The quantitative estimate of drug-likeness (QED) is 0.893. The molecule has 0 saturated carbocycles. The van der Waals surface area contributed by atoms with Crippen LogP contribution < -0.4 is 14.4 Å². The van der Waals surface area contributed by atoms with E-state index in [1.54, 1.807) is 25.1 Å². The van der Waals surface area contributed by atoms with Gasteiger partial charge in [-0.25, -0.2) is 13.1 Å². The summed E-state index contributed by atoms with van der Waals surface area (Å²) >= 11 is 0. The predicted octanol–water partition coefficient (Wildman–Crippen LogP) is 1.20. The Bertz CT molecular complexity index is 528. The average Bonchev–Trinajstić information content (AvgIpc) is 2.37. The maximum atomic E-state index is 11.9. The summed E-state index contributed by atoms with van der Waals surface area (Å²) in [6.45, 7) is 6.45. The van der Waals surface area contributed by atoms with E-state index in [0.29, 0.717) is 13.2 Å². The lowest BCUT2D eigenvalue weighted by Gasteiger charge is -2.30. The monoisotopic (exact) mass is 270 g/mol. The molecule has 18 heavy (non-hydrogen) atoms. The van der Waals surface area contributed by atoms with Crippen molar-refractivity contribution in [2.24, 2.45) is 0 Å². The zero-order valence-corrected chi connectivity index (χ0v) is 11.5. The molecule has 2 rings (SSSR count). The zero-order chi connectivity index (χ0) is 13.2. The second-order valence-corrected chi connectivity index (χ2v) is 5.83. The van der Waals surface area contributed by atoms with Gasteiger partial charge in [-0.05, 0) is 25.1 Å². The van der Waals surface area contributed by atoms with E-state index in [-0.39, 0.29) is 4.90 Å². The molecule has 0 atom stereocenters. The summed E-state index contributed by atoms with van der Waals surface area (Å²) in [5.41, 5.74) is 0.850. The second kappa shape index (κ2) is 5.16. The highest BCUT2D eigenvalue weighted by Crippen LogP contribution is 2.33. The van der Waals surface area contributed by atoms with Crippen LogP contribution in [-0.4, -0.2) is 34.7 Å². The Morgan fingerprint density at radius 3 is 2.83 bits per heavy atom. The SMILES string of the molecule is CCNS(=O)(=O)c1ccc2c(c1)N(CC)CCO2. The molecule has 0 fully saturated rings. The number of hydrogen-bond donors (Lipinski definition) is 1. The van der Waals surface area contributed by atoms with E-state index in [0.717, 1.165) is 24.5 Å². The van der Waals surface area contributed by atoms with Crippen LogP contribution in [0.25, 0.3) is 0 Å². The number of anilines is 1. The van der Waals surface area contributed by atoms with Crippen molar-refractivity contribution in [2.45, 2.75) is 18.7 Å². The highest BCUT2D eigenvalue weighted by atomic mass is 32.2. The second-order valence-electron chi connectivity index (χ2n) is 4.06. The molecule has 0 spiro atoms. The third kappa shape index (κ3) is 2.44. The molecule has 1 heterocycles. The molecule has 0 aromatic heterocycles. The van der Waals surface area contributed by atoms with Crippen LogP contribution in [0.15, 0.2) is 23.1 Å². The number of sulfonamides is 1. The standard InChI is InChI=1S/C12H18N2O3S/c1-3-13-18(15,16)10-5-6-12-11(9-10)14(4-2)7-8-17-12/h5-6,9,13H,3-4,7-8H2,1-2H3. The Balaban J connectivity index is 2.42. The van der Waals surface area contributed by atoms with Gasteiger partial charge in [0.25, 0.3) is 0 Å². The van der Waals surface area contributed by atoms with Gasteiger partial charge in [-0.2, -0.15) is 0 Å². The Morgan fingerprint density at radius 1 is 1.39 bits per heavy atom. The lowest BCUT2D eigenvalue weighted by atomic mass is 10.2. The molecule has 6 heteroatoms. The van der Waals surface area contributed by atoms with Gasteiger partial charge >= 0.3 is 0 Å². The van der Waals surface area contributed by atoms with Gasteiger partial charge in [-0.15, -0.1) is 0 Å². The van der Waals surface area contributed by atoms with Crippen molar-refractivity contribution in [3.8, 4) is 5.75 Å². The molecular formula is C12H18N2O3S. The summed E-state index contributed by atoms with van der Waals surface area (Å²) < 4.78 is 31.9. The van der Waals surface area contributed by atoms with E-state index in [1.165, 1.54) is 0 Å². The van der Waals surface area contributed by atoms with E-state index in [1.807, 2.05) is 6.92 Å². The molecule has 0 bridgehead atoms. The minimum atomic E-state index is -3.41. The van der Waals surface area contributed by atoms with Crippen LogP contribution in [0.4, 0.5) is 5.69 Å². The summed E-state index contributed by atoms with van der Waals surface area (Å²) in [5.74, 6) is 0.749. The summed E-state index contributed by atoms with van der Waals surface area (Å²) in [5, 5.41) is 0. The van der Waals surface area contributed by atoms with Crippen molar-refractivity contribution < 1.29 is 13.2 Å². The molecule has 0 radical (unpaired) electrons. The van der Waals surface area contributed by atoms with Gasteiger partial charge in [0.1, 0.15) is 12.4 Å². The Kier molecular flexibility index (Phi) is 3.77. The fourth-order valence-corrected chi connectivity index (χ4v) is 3.08. The molecular weight excluding hydrogens is 252 g/mol. The molecule has 0 unspecified atom stereocenters. The Hall–Kier alpha value is -1.27. The number of nitrogens with zero attached hydrogens (tertiary/aromatic N) is 1. The lowest BCUT2D eigenvalue weighted by molar-refractivity contribution is 0.308. The molecule has 0 aliphatic carbocycles. The Labute approximate surface area is 108 Å². The van der Waals surface area contributed by atoms with Crippen molar-refractivity contribution in [2.75, 3.05) is 31.1 Å². The maximum absolute atomic E-state index is 11.9. The van der Waals surface area contributed by atoms with Crippen LogP contribution in [0.2, 0.25) is 0 Å². The number of rotatable bonds is 4. The van der Waals surface area contributed by atoms with Crippen LogP contribution in [0.5, 0.6) is 5.75 Å². The summed E-state index contributed by atoms with van der Waals surface area (Å²) in [4.78, 5) is 2.40. The van der Waals surface area contributed by atoms with Crippen LogP contribution in [-0.2, 0) is 10.0 Å². The van der Waals surface area contributed by atoms with Crippen LogP contribution in [0.1, 0.15) is 13.8 Å². The number of hydrogen-bond acceptors (Lipinski definition) is 4. The average molecular weight is 270 g/mol. The van der Waals surface area contributed by atoms with Crippen molar-refractivity contribution in [1.29, 1.82) is 0 Å². The van der Waals surface area contributed by atoms with E-state index < -0.39 is 10.0 Å². The number of benzene rings is 1. The topological polar surface area (TPSA) is 58.6 Å². The molecule has 1 aromatic rings. The minimum absolute atomic E-state index is 0.284. The third-order valence-electron chi connectivity index (χ3n) is 2.92. The highest BCUT2D eigenvalue weighted by Gasteiger charge is 2.21. The Morgan fingerprint density at radius 2 is 2.17 bits per heavy atom. The van der Waals surface area contributed by atoms with Crippen LogP contribution in [0.3, 0.4) is 0 Å². The van der Waals surface area contributed by atoms with E-state index >= 15 is 0 Å². The largest absolute Gasteiger partial charge is 0.490 e. The van der Waals surface area contributed by atoms with E-state index in [2.05, 4.69) is 9.62 Å². The van der Waals surface area contributed by atoms with E-state index in [9.17, 15) is 8.42 Å². The predicted molar refractivity (Wildman–Crippen MR) is 70.7 cm³/mol. The summed E-state index contributed by atoms with van der Waals surface area (Å²) in [6, 6.07) is 4.98. The fraction of sp³-hybridized carbons (Fsp3) is 0.500. The third-order valence-corrected chi connectivity index (χ3v) is 4.46. The zero-order valence-electron chi connectivity index (χ0n) is 10.6. The number of nitrogens with one attached hydrogen (secondary N) is 1. The molecule has 0 saturated heterocycles.